The highest BCUT2D eigenvalue weighted by molar-refractivity contribution is 6.38. The number of amides is 2. The van der Waals surface area contributed by atoms with Crippen molar-refractivity contribution in [3.63, 3.8) is 0 Å². The minimum absolute atomic E-state index is 0.114. The van der Waals surface area contributed by atoms with Crippen molar-refractivity contribution in [3.8, 4) is 0 Å². The molecule has 2 saturated carbocycles. The molecular formula is C37H54N4O7. The smallest absolute Gasteiger partial charge is 0.246 e. The molecule has 0 radical (unpaired) electrons. The lowest BCUT2D eigenvalue weighted by atomic mass is 9.82. The van der Waals surface area contributed by atoms with Gasteiger partial charge in [-0.2, -0.15) is 0 Å². The summed E-state index contributed by atoms with van der Waals surface area (Å²) in [6.45, 7) is 12.9. The summed E-state index contributed by atoms with van der Waals surface area (Å²) in [7, 11) is 0. The van der Waals surface area contributed by atoms with E-state index in [9.17, 15) is 33.9 Å². The molecule has 1 aliphatic heterocycles. The zero-order chi connectivity index (χ0) is 35.6. The van der Waals surface area contributed by atoms with Crippen molar-refractivity contribution in [1.29, 1.82) is 0 Å². The number of ketones is 4. The SMILES string of the molecule is CCCC(CC(=O)[C@@H]1[C@H]2CC[C@@](C)(O)[C@H]2CN1C(=O)[C@@H](NC(=O)[C@H](CC(=O)c1cnccn1)C(C)C)C(C)(C)C)C(=O)C(=O)CC1CC1. The summed E-state index contributed by atoms with van der Waals surface area (Å²) in [5.74, 6) is -4.55. The third kappa shape index (κ3) is 8.62. The number of likely N-dealkylation sites (tertiary alicyclic amines) is 1. The van der Waals surface area contributed by atoms with Crippen molar-refractivity contribution < 1.29 is 33.9 Å². The lowest BCUT2D eigenvalue weighted by molar-refractivity contribution is -0.146. The van der Waals surface area contributed by atoms with Crippen molar-refractivity contribution in [3.05, 3.63) is 24.3 Å². The van der Waals surface area contributed by atoms with Crippen LogP contribution >= 0.6 is 0 Å². The molecule has 3 fully saturated rings. The summed E-state index contributed by atoms with van der Waals surface area (Å²) in [5.41, 5.74) is -1.70. The van der Waals surface area contributed by atoms with Crippen LogP contribution in [0.1, 0.15) is 117 Å². The lowest BCUT2D eigenvalue weighted by Crippen LogP contribution is -2.58. The van der Waals surface area contributed by atoms with Gasteiger partial charge in [-0.15, -0.1) is 0 Å². The first-order valence-corrected chi connectivity index (χ1v) is 17.7. The van der Waals surface area contributed by atoms with Gasteiger partial charge in [-0.1, -0.05) is 48.0 Å². The normalized spacial score (nSPS) is 25.7. The average molecular weight is 667 g/mol. The van der Waals surface area contributed by atoms with Gasteiger partial charge in [0.15, 0.2) is 17.3 Å². The Labute approximate surface area is 284 Å². The molecule has 1 unspecified atom stereocenters. The van der Waals surface area contributed by atoms with Crippen LogP contribution in [0.3, 0.4) is 0 Å². The second kappa shape index (κ2) is 15.0. The lowest BCUT2D eigenvalue weighted by Gasteiger charge is -2.37. The highest BCUT2D eigenvalue weighted by Gasteiger charge is 2.58. The van der Waals surface area contributed by atoms with E-state index < -0.39 is 58.3 Å². The maximum absolute atomic E-state index is 14.6. The quantitative estimate of drug-likeness (QED) is 0.195. The van der Waals surface area contributed by atoms with Crippen LogP contribution in [-0.2, 0) is 24.0 Å². The number of nitrogens with zero attached hydrogens (tertiary/aromatic N) is 3. The van der Waals surface area contributed by atoms with Crippen molar-refractivity contribution in [2.75, 3.05) is 6.54 Å². The molecule has 2 N–H and O–H groups in total. The number of aliphatic hydroxyl groups is 1. The fraction of sp³-hybridized carbons (Fsp3) is 0.730. The molecule has 48 heavy (non-hydrogen) atoms. The highest BCUT2D eigenvalue weighted by Crippen LogP contribution is 2.49. The third-order valence-corrected chi connectivity index (χ3v) is 10.7. The molecule has 0 aromatic carbocycles. The Balaban J connectivity index is 1.58. The van der Waals surface area contributed by atoms with Gasteiger partial charge in [0, 0.05) is 56.0 Å². The van der Waals surface area contributed by atoms with Gasteiger partial charge >= 0.3 is 0 Å². The summed E-state index contributed by atoms with van der Waals surface area (Å²) in [4.78, 5) is 91.2. The topological polar surface area (TPSA) is 164 Å². The average Bonchev–Trinajstić information content (AvgIpc) is 3.67. The first-order chi connectivity index (χ1) is 22.5. The number of nitrogens with one attached hydrogen (secondary N) is 1. The van der Waals surface area contributed by atoms with Crippen LogP contribution in [0.15, 0.2) is 18.6 Å². The Morgan fingerprint density at radius 1 is 1.06 bits per heavy atom. The van der Waals surface area contributed by atoms with E-state index in [0.29, 0.717) is 25.7 Å². The Morgan fingerprint density at radius 3 is 2.31 bits per heavy atom. The molecule has 11 nitrogen and oxygen atoms in total. The zero-order valence-electron chi connectivity index (χ0n) is 29.7. The molecule has 1 aromatic heterocycles. The maximum Gasteiger partial charge on any atom is 0.246 e. The molecule has 2 amide bonds. The maximum atomic E-state index is 14.6. The van der Waals surface area contributed by atoms with E-state index >= 15 is 0 Å². The van der Waals surface area contributed by atoms with E-state index in [1.54, 1.807) is 6.92 Å². The number of fused-ring (bicyclic) bond motifs is 1. The number of Topliss-reactive ketones (excluding diaryl/α,β-unsaturated/α-hetero) is 4. The Kier molecular flexibility index (Phi) is 11.8. The number of carbonyl (C=O) groups excluding carboxylic acids is 6. The fourth-order valence-electron chi connectivity index (χ4n) is 7.61. The summed E-state index contributed by atoms with van der Waals surface area (Å²) >= 11 is 0. The number of carbonyl (C=O) groups is 6. The van der Waals surface area contributed by atoms with Crippen LogP contribution in [0.25, 0.3) is 0 Å². The van der Waals surface area contributed by atoms with Crippen molar-refractivity contribution in [2.24, 2.45) is 40.9 Å². The second-order valence-electron chi connectivity index (χ2n) is 16.1. The molecule has 3 aliphatic rings. The molecule has 1 aromatic rings. The van der Waals surface area contributed by atoms with Crippen LogP contribution in [-0.4, -0.2) is 79.2 Å². The third-order valence-electron chi connectivity index (χ3n) is 10.7. The van der Waals surface area contributed by atoms with Gasteiger partial charge in [0.2, 0.25) is 17.6 Å². The summed E-state index contributed by atoms with van der Waals surface area (Å²) in [6, 6.07) is -1.92. The van der Waals surface area contributed by atoms with Crippen molar-refractivity contribution >= 4 is 34.9 Å². The van der Waals surface area contributed by atoms with Gasteiger partial charge in [-0.3, -0.25) is 33.8 Å². The molecular weight excluding hydrogens is 612 g/mol. The van der Waals surface area contributed by atoms with E-state index in [1.165, 1.54) is 23.5 Å². The van der Waals surface area contributed by atoms with Gasteiger partial charge < -0.3 is 15.3 Å². The fourth-order valence-corrected chi connectivity index (χ4v) is 7.61. The molecule has 0 bridgehead atoms. The first kappa shape index (κ1) is 37.5. The molecule has 2 heterocycles. The summed E-state index contributed by atoms with van der Waals surface area (Å²) in [5, 5.41) is 14.2. The molecule has 4 rings (SSSR count). The highest BCUT2D eigenvalue weighted by atomic mass is 16.3. The number of aromatic nitrogens is 2. The summed E-state index contributed by atoms with van der Waals surface area (Å²) in [6.07, 6.45) is 8.15. The van der Waals surface area contributed by atoms with Crippen LogP contribution in [0.4, 0.5) is 0 Å². The van der Waals surface area contributed by atoms with Crippen LogP contribution in [0.2, 0.25) is 0 Å². The largest absolute Gasteiger partial charge is 0.390 e. The van der Waals surface area contributed by atoms with Crippen molar-refractivity contribution in [1.82, 2.24) is 20.2 Å². The predicted molar refractivity (Wildman–Crippen MR) is 178 cm³/mol. The predicted octanol–water partition coefficient (Wildman–Crippen LogP) is 4.15. The van der Waals surface area contributed by atoms with Gasteiger partial charge in [0.1, 0.15) is 11.7 Å². The van der Waals surface area contributed by atoms with Crippen LogP contribution in [0.5, 0.6) is 0 Å². The zero-order valence-corrected chi connectivity index (χ0v) is 29.7. The monoisotopic (exact) mass is 666 g/mol. The molecule has 2 aliphatic carbocycles. The van der Waals surface area contributed by atoms with Crippen molar-refractivity contribution in [2.45, 2.75) is 124 Å². The van der Waals surface area contributed by atoms with Gasteiger partial charge in [-0.05, 0) is 62.2 Å². The standard InChI is InChI=1S/C37H54N4O7/c1-8-9-23(32(45)30(44)16-22-10-11-22)17-29(43)31-24-12-13-37(7,48)26(24)20-41(31)35(47)33(36(4,5)6)40-34(46)25(21(2)3)18-28(42)27-19-38-14-15-39-27/h14-15,19,21-26,31,33,48H,8-13,16-18,20H2,1-7H3,(H,40,46)/t23?,24-,25+,26-,31-,33+,37+/m0/s1. The van der Waals surface area contributed by atoms with Crippen LogP contribution < -0.4 is 5.32 Å². The molecule has 264 valence electrons. The van der Waals surface area contributed by atoms with E-state index in [2.05, 4.69) is 15.3 Å². The molecule has 7 atom stereocenters. The van der Waals surface area contributed by atoms with E-state index in [1.807, 2.05) is 41.5 Å². The number of hydrogen-bond donors (Lipinski definition) is 2. The van der Waals surface area contributed by atoms with E-state index in [-0.39, 0.29) is 66.7 Å². The van der Waals surface area contributed by atoms with Crippen LogP contribution in [0, 0.1) is 40.9 Å². The second-order valence-corrected chi connectivity index (χ2v) is 16.1. The Bertz CT molecular complexity index is 1380. The first-order valence-electron chi connectivity index (χ1n) is 17.7. The molecule has 0 spiro atoms. The minimum Gasteiger partial charge on any atom is -0.390 e. The van der Waals surface area contributed by atoms with Gasteiger partial charge in [0.05, 0.1) is 17.8 Å². The van der Waals surface area contributed by atoms with Gasteiger partial charge in [0.25, 0.3) is 0 Å². The van der Waals surface area contributed by atoms with E-state index in [4.69, 9.17) is 0 Å². The Hall–Kier alpha value is -3.34. The van der Waals surface area contributed by atoms with E-state index in [0.717, 1.165) is 12.8 Å². The van der Waals surface area contributed by atoms with Gasteiger partial charge in [-0.25, -0.2) is 4.98 Å². The summed E-state index contributed by atoms with van der Waals surface area (Å²) < 4.78 is 0. The molecule has 1 saturated heterocycles. The number of hydrogen-bond acceptors (Lipinski definition) is 9. The minimum atomic E-state index is -1.08. The number of rotatable bonds is 16. The molecule has 11 heteroatoms. The Morgan fingerprint density at radius 2 is 1.75 bits per heavy atom.